The fourth-order valence-corrected chi connectivity index (χ4v) is 2.06. The van der Waals surface area contributed by atoms with Crippen LogP contribution in [0.25, 0.3) is 0 Å². The average Bonchev–Trinajstić information content (AvgIpc) is 2.26. The minimum Gasteiger partial charge on any atom is -0.396 e. The van der Waals surface area contributed by atoms with Crippen LogP contribution < -0.4 is 5.32 Å². The first-order valence-electron chi connectivity index (χ1n) is 5.24. The van der Waals surface area contributed by atoms with Crippen molar-refractivity contribution in [2.45, 2.75) is 19.1 Å². The number of hydrogen-bond donors (Lipinski definition) is 2. The quantitative estimate of drug-likeness (QED) is 0.699. The number of thioether (sulfide) groups is 1. The van der Waals surface area contributed by atoms with Crippen LogP contribution in [-0.4, -0.2) is 29.0 Å². The summed E-state index contributed by atoms with van der Waals surface area (Å²) in [7, 11) is 0. The summed E-state index contributed by atoms with van der Waals surface area (Å²) in [5.74, 6) is 1.91. The lowest BCUT2D eigenvalue weighted by Crippen LogP contribution is -1.98. The lowest BCUT2D eigenvalue weighted by molar-refractivity contribution is 0.296. The Morgan fingerprint density at radius 2 is 2.40 bits per heavy atom. The van der Waals surface area contributed by atoms with E-state index in [9.17, 15) is 0 Å². The summed E-state index contributed by atoms with van der Waals surface area (Å²) in [6.45, 7) is 3.29. The minimum absolute atomic E-state index is 0.276. The van der Waals surface area contributed by atoms with Gasteiger partial charge in [-0.05, 0) is 31.2 Å². The first kappa shape index (κ1) is 12.3. The van der Waals surface area contributed by atoms with E-state index in [1.54, 1.807) is 0 Å². The van der Waals surface area contributed by atoms with Crippen molar-refractivity contribution >= 4 is 17.4 Å². The molecule has 4 heteroatoms. The van der Waals surface area contributed by atoms with Crippen LogP contribution in [0.3, 0.4) is 0 Å². The van der Waals surface area contributed by atoms with Gasteiger partial charge in [0.1, 0.15) is 0 Å². The number of hydrogen-bond acceptors (Lipinski definition) is 4. The Morgan fingerprint density at radius 1 is 1.53 bits per heavy atom. The normalized spacial score (nSPS) is 10.3. The third-order valence-electron chi connectivity index (χ3n) is 1.89. The van der Waals surface area contributed by atoms with Crippen LogP contribution >= 0.6 is 11.8 Å². The maximum Gasteiger partial charge on any atom is 0.0523 e. The molecule has 1 aromatic rings. The van der Waals surface area contributed by atoms with E-state index < -0.39 is 0 Å². The van der Waals surface area contributed by atoms with E-state index in [4.69, 9.17) is 5.11 Å². The van der Waals surface area contributed by atoms with Gasteiger partial charge in [-0.25, -0.2) is 0 Å². The molecule has 0 amide bonds. The van der Waals surface area contributed by atoms with Crippen LogP contribution in [0.15, 0.2) is 18.3 Å². The van der Waals surface area contributed by atoms with Crippen LogP contribution in [0.1, 0.15) is 19.0 Å². The van der Waals surface area contributed by atoms with Gasteiger partial charge in [-0.2, -0.15) is 11.8 Å². The summed E-state index contributed by atoms with van der Waals surface area (Å²) in [6.07, 6.45) is 2.69. The van der Waals surface area contributed by atoms with Crippen molar-refractivity contribution in [3.05, 3.63) is 24.0 Å². The number of aliphatic hydroxyl groups is 1. The molecule has 0 unspecified atom stereocenters. The number of nitrogens with one attached hydrogen (secondary N) is 1. The zero-order valence-corrected chi connectivity index (χ0v) is 9.89. The number of rotatable bonds is 7. The van der Waals surface area contributed by atoms with Crippen LogP contribution in [0.4, 0.5) is 5.69 Å². The third kappa shape index (κ3) is 5.04. The van der Waals surface area contributed by atoms with Gasteiger partial charge in [-0.15, -0.1) is 0 Å². The topological polar surface area (TPSA) is 45.2 Å². The summed E-state index contributed by atoms with van der Waals surface area (Å²) >= 11 is 1.81. The molecule has 15 heavy (non-hydrogen) atoms. The van der Waals surface area contributed by atoms with Gasteiger partial charge in [0.05, 0.1) is 5.69 Å². The number of aliphatic hydroxyl groups excluding tert-OH is 1. The molecule has 84 valence electrons. The number of nitrogens with zero attached hydrogens (tertiary/aromatic N) is 1. The highest BCUT2D eigenvalue weighted by Crippen LogP contribution is 2.14. The molecule has 0 fully saturated rings. The van der Waals surface area contributed by atoms with Crippen LogP contribution in [-0.2, 0) is 5.75 Å². The van der Waals surface area contributed by atoms with Crippen molar-refractivity contribution in [1.29, 1.82) is 0 Å². The molecule has 0 spiro atoms. The van der Waals surface area contributed by atoms with E-state index in [0.29, 0.717) is 0 Å². The molecule has 3 nitrogen and oxygen atoms in total. The van der Waals surface area contributed by atoms with Gasteiger partial charge < -0.3 is 10.4 Å². The summed E-state index contributed by atoms with van der Waals surface area (Å²) in [6, 6.07) is 4.06. The summed E-state index contributed by atoms with van der Waals surface area (Å²) in [5, 5.41) is 11.9. The van der Waals surface area contributed by atoms with Gasteiger partial charge in [-0.3, -0.25) is 4.98 Å². The van der Waals surface area contributed by atoms with Crippen molar-refractivity contribution in [1.82, 2.24) is 4.98 Å². The van der Waals surface area contributed by atoms with Gasteiger partial charge in [0, 0.05) is 30.8 Å². The largest absolute Gasteiger partial charge is 0.396 e. The standard InChI is InChI=1S/C11H18N2OS/c1-2-12-10-4-5-13-11(8-10)9-15-7-3-6-14/h4-5,8,14H,2-3,6-7,9H2,1H3,(H,12,13). The molecule has 0 aromatic carbocycles. The molecule has 0 aliphatic rings. The Hall–Kier alpha value is -0.740. The van der Waals surface area contributed by atoms with E-state index in [-0.39, 0.29) is 6.61 Å². The second kappa shape index (κ2) is 7.54. The minimum atomic E-state index is 0.276. The SMILES string of the molecule is CCNc1ccnc(CSCCCO)c1. The van der Waals surface area contributed by atoms with E-state index in [1.165, 1.54) is 0 Å². The fraction of sp³-hybridized carbons (Fsp3) is 0.545. The zero-order chi connectivity index (χ0) is 10.9. The van der Waals surface area contributed by atoms with Crippen LogP contribution in [0.2, 0.25) is 0 Å². The molecule has 0 aliphatic heterocycles. The molecular weight excluding hydrogens is 208 g/mol. The van der Waals surface area contributed by atoms with E-state index in [1.807, 2.05) is 24.0 Å². The van der Waals surface area contributed by atoms with Crippen molar-refractivity contribution in [3.8, 4) is 0 Å². The first-order chi connectivity index (χ1) is 7.36. The van der Waals surface area contributed by atoms with Gasteiger partial charge in [0.25, 0.3) is 0 Å². The van der Waals surface area contributed by atoms with Crippen molar-refractivity contribution in [2.75, 3.05) is 24.2 Å². The summed E-state index contributed by atoms with van der Waals surface area (Å²) in [5.41, 5.74) is 2.22. The zero-order valence-electron chi connectivity index (χ0n) is 9.07. The lowest BCUT2D eigenvalue weighted by Gasteiger charge is -2.05. The molecule has 1 aromatic heterocycles. The molecule has 0 saturated carbocycles. The second-order valence-electron chi connectivity index (χ2n) is 3.20. The van der Waals surface area contributed by atoms with Gasteiger partial charge in [-0.1, -0.05) is 0 Å². The van der Waals surface area contributed by atoms with Crippen molar-refractivity contribution in [3.63, 3.8) is 0 Å². The highest BCUT2D eigenvalue weighted by atomic mass is 32.2. The summed E-state index contributed by atoms with van der Waals surface area (Å²) in [4.78, 5) is 4.30. The number of anilines is 1. The Bertz CT molecular complexity index is 281. The van der Waals surface area contributed by atoms with Crippen LogP contribution in [0.5, 0.6) is 0 Å². The molecule has 0 aliphatic carbocycles. The average molecular weight is 226 g/mol. The highest BCUT2D eigenvalue weighted by Gasteiger charge is 1.97. The molecule has 0 bridgehead atoms. The maximum atomic E-state index is 8.64. The molecule has 0 saturated heterocycles. The van der Waals surface area contributed by atoms with Gasteiger partial charge >= 0.3 is 0 Å². The fourth-order valence-electron chi connectivity index (χ4n) is 1.21. The Morgan fingerprint density at radius 3 is 3.13 bits per heavy atom. The predicted octanol–water partition coefficient (Wildman–Crippen LogP) is 2.13. The Kier molecular flexibility index (Phi) is 6.20. The van der Waals surface area contributed by atoms with Crippen molar-refractivity contribution in [2.24, 2.45) is 0 Å². The van der Waals surface area contributed by atoms with Crippen LogP contribution in [0, 0.1) is 0 Å². The first-order valence-corrected chi connectivity index (χ1v) is 6.39. The molecule has 2 N–H and O–H groups in total. The molecule has 1 heterocycles. The lowest BCUT2D eigenvalue weighted by atomic mass is 10.3. The summed E-state index contributed by atoms with van der Waals surface area (Å²) < 4.78 is 0. The van der Waals surface area contributed by atoms with E-state index in [0.717, 1.165) is 35.9 Å². The predicted molar refractivity (Wildman–Crippen MR) is 66.3 cm³/mol. The van der Waals surface area contributed by atoms with Gasteiger partial charge in [0.2, 0.25) is 0 Å². The highest BCUT2D eigenvalue weighted by molar-refractivity contribution is 7.98. The Balaban J connectivity index is 2.36. The Labute approximate surface area is 95.3 Å². The molecule has 0 radical (unpaired) electrons. The molecular formula is C11H18N2OS. The third-order valence-corrected chi connectivity index (χ3v) is 2.97. The monoisotopic (exact) mass is 226 g/mol. The van der Waals surface area contributed by atoms with E-state index >= 15 is 0 Å². The van der Waals surface area contributed by atoms with Crippen molar-refractivity contribution < 1.29 is 5.11 Å². The molecule has 0 atom stereocenters. The van der Waals surface area contributed by atoms with Gasteiger partial charge in [0.15, 0.2) is 0 Å². The number of pyridine rings is 1. The smallest absolute Gasteiger partial charge is 0.0523 e. The van der Waals surface area contributed by atoms with E-state index in [2.05, 4.69) is 23.3 Å². The second-order valence-corrected chi connectivity index (χ2v) is 4.30. The number of aromatic nitrogens is 1. The maximum absolute atomic E-state index is 8.64. The molecule has 1 rings (SSSR count).